The van der Waals surface area contributed by atoms with E-state index in [9.17, 15) is 4.79 Å². The van der Waals surface area contributed by atoms with Crippen LogP contribution in [-0.2, 0) is 15.0 Å². The Hall–Kier alpha value is -3.06. The summed E-state index contributed by atoms with van der Waals surface area (Å²) in [5.41, 5.74) is 5.56. The van der Waals surface area contributed by atoms with Crippen LogP contribution in [0.4, 0.5) is 10.1 Å². The summed E-state index contributed by atoms with van der Waals surface area (Å²) in [7, 11) is 1.82. The van der Waals surface area contributed by atoms with Crippen LogP contribution in [0.2, 0.25) is 0 Å². The summed E-state index contributed by atoms with van der Waals surface area (Å²) in [4.78, 5) is 20.7. The molecule has 3 aromatic rings. The van der Waals surface area contributed by atoms with Gasteiger partial charge in [0.05, 0.1) is 16.3 Å². The van der Waals surface area contributed by atoms with Crippen LogP contribution in [0.5, 0.6) is 0 Å². The highest BCUT2D eigenvalue weighted by atomic mass is 32.1. The van der Waals surface area contributed by atoms with Crippen molar-refractivity contribution >= 4 is 30.0 Å². The Morgan fingerprint density at radius 1 is 1.16 bits per heavy atom. The Morgan fingerprint density at radius 2 is 1.77 bits per heavy atom. The summed E-state index contributed by atoms with van der Waals surface area (Å²) >= 11 is 1.30. The van der Waals surface area contributed by atoms with Crippen LogP contribution in [0.1, 0.15) is 37.1 Å². The van der Waals surface area contributed by atoms with Crippen molar-refractivity contribution in [3.05, 3.63) is 59.0 Å². The normalized spacial score (nSPS) is 12.3. The minimum absolute atomic E-state index is 0.250. The quantitative estimate of drug-likeness (QED) is 0.469. The van der Waals surface area contributed by atoms with Gasteiger partial charge in [0.15, 0.2) is 0 Å². The SMILES string of the molecule is CCC(C)(C=O)c1ccc(-c2cc(F)c(-c3snc(C)c3NC)cc2C)cc1.O=CO. The van der Waals surface area contributed by atoms with Crippen LogP contribution in [0, 0.1) is 19.7 Å². The topological polar surface area (TPSA) is 79.3 Å². The monoisotopic (exact) mass is 442 g/mol. The van der Waals surface area contributed by atoms with Crippen molar-refractivity contribution in [2.45, 2.75) is 39.5 Å². The molecule has 3 rings (SSSR count). The number of carbonyl (C=O) groups is 2. The molecule has 1 unspecified atom stereocenters. The van der Waals surface area contributed by atoms with Crippen LogP contribution < -0.4 is 5.32 Å². The average Bonchev–Trinajstić information content (AvgIpc) is 3.15. The minimum atomic E-state index is -0.490. The van der Waals surface area contributed by atoms with Gasteiger partial charge in [-0.15, -0.1) is 0 Å². The Labute approximate surface area is 186 Å². The molecule has 1 heterocycles. The largest absolute Gasteiger partial charge is 0.483 e. The first-order valence-corrected chi connectivity index (χ1v) is 10.6. The molecule has 0 fully saturated rings. The van der Waals surface area contributed by atoms with Gasteiger partial charge in [-0.25, -0.2) is 4.39 Å². The molecule has 0 aliphatic heterocycles. The molecule has 5 nitrogen and oxygen atoms in total. The predicted octanol–water partition coefficient (Wildman–Crippen LogP) is 5.84. The van der Waals surface area contributed by atoms with Gasteiger partial charge in [-0.3, -0.25) is 4.79 Å². The van der Waals surface area contributed by atoms with Gasteiger partial charge >= 0.3 is 0 Å². The van der Waals surface area contributed by atoms with Gasteiger partial charge in [-0.1, -0.05) is 31.2 Å². The molecular weight excluding hydrogens is 415 g/mol. The van der Waals surface area contributed by atoms with E-state index in [1.807, 2.05) is 65.1 Å². The lowest BCUT2D eigenvalue weighted by Gasteiger charge is -2.22. The summed E-state index contributed by atoms with van der Waals surface area (Å²) in [6.07, 6.45) is 1.73. The van der Waals surface area contributed by atoms with E-state index in [1.54, 1.807) is 6.07 Å². The second-order valence-corrected chi connectivity index (χ2v) is 8.21. The Balaban J connectivity index is 0.00000107. The Bertz CT molecular complexity index is 1060. The highest BCUT2D eigenvalue weighted by Crippen LogP contribution is 2.39. The number of rotatable bonds is 6. The smallest absolute Gasteiger partial charge is 0.290 e. The Kier molecular flexibility index (Phi) is 8.05. The summed E-state index contributed by atoms with van der Waals surface area (Å²) < 4.78 is 19.4. The van der Waals surface area contributed by atoms with Crippen molar-refractivity contribution in [1.29, 1.82) is 0 Å². The standard InChI is InChI=1S/C23H25FN2OS.CH2O2/c1-6-23(4,13-27)17-9-7-16(8-10-17)18-12-20(24)19(11-14(18)2)22-21(25-5)15(3)26-28-22;2-1-3/h7-13,25H,6H2,1-5H3;1H,(H,2,3). The molecule has 2 N–H and O–H groups in total. The number of hydrogen-bond donors (Lipinski definition) is 2. The fraction of sp³-hybridized carbons (Fsp3) is 0.292. The van der Waals surface area contributed by atoms with Crippen LogP contribution >= 0.6 is 11.5 Å². The van der Waals surface area contributed by atoms with Crippen molar-refractivity contribution in [3.63, 3.8) is 0 Å². The molecule has 31 heavy (non-hydrogen) atoms. The van der Waals surface area contributed by atoms with E-state index in [1.165, 1.54) is 11.5 Å². The summed E-state index contributed by atoms with van der Waals surface area (Å²) in [6.45, 7) is 7.59. The number of carbonyl (C=O) groups excluding carboxylic acids is 1. The lowest BCUT2D eigenvalue weighted by molar-refractivity contribution is -0.122. The van der Waals surface area contributed by atoms with Gasteiger partial charge < -0.3 is 15.2 Å². The third-order valence-electron chi connectivity index (χ3n) is 5.52. The minimum Gasteiger partial charge on any atom is -0.483 e. The molecule has 0 saturated carbocycles. The number of hydrogen-bond acceptors (Lipinski definition) is 5. The van der Waals surface area contributed by atoms with Crippen LogP contribution in [0.15, 0.2) is 36.4 Å². The zero-order valence-electron chi connectivity index (χ0n) is 18.3. The van der Waals surface area contributed by atoms with Gasteiger partial charge in [0, 0.05) is 18.0 Å². The molecule has 2 aromatic carbocycles. The number of halogens is 1. The first-order valence-electron chi connectivity index (χ1n) is 9.85. The van der Waals surface area contributed by atoms with Crippen molar-refractivity contribution < 1.29 is 19.1 Å². The van der Waals surface area contributed by atoms with E-state index in [4.69, 9.17) is 9.90 Å². The fourth-order valence-electron chi connectivity index (χ4n) is 3.40. The lowest BCUT2D eigenvalue weighted by Crippen LogP contribution is -2.22. The molecule has 0 bridgehead atoms. The molecule has 1 aromatic heterocycles. The number of nitrogens with one attached hydrogen (secondary N) is 1. The molecule has 0 saturated heterocycles. The van der Waals surface area contributed by atoms with Crippen LogP contribution in [0.3, 0.4) is 0 Å². The molecule has 0 aliphatic carbocycles. The van der Waals surface area contributed by atoms with Crippen molar-refractivity contribution in [2.75, 3.05) is 12.4 Å². The summed E-state index contributed by atoms with van der Waals surface area (Å²) in [6, 6.07) is 11.3. The first kappa shape index (κ1) is 24.2. The second-order valence-electron chi connectivity index (χ2n) is 7.44. The third-order valence-corrected chi connectivity index (χ3v) is 6.49. The lowest BCUT2D eigenvalue weighted by atomic mass is 9.81. The second kappa shape index (κ2) is 10.3. The van der Waals surface area contributed by atoms with E-state index in [0.29, 0.717) is 5.56 Å². The van der Waals surface area contributed by atoms with Crippen molar-refractivity contribution in [1.82, 2.24) is 4.37 Å². The number of anilines is 1. The van der Waals surface area contributed by atoms with Gasteiger partial charge in [-0.2, -0.15) is 4.37 Å². The van der Waals surface area contributed by atoms with Crippen LogP contribution in [0.25, 0.3) is 21.6 Å². The number of carboxylic acid groups (broad SMARTS) is 1. The first-order chi connectivity index (χ1) is 14.8. The van der Waals surface area contributed by atoms with Crippen molar-refractivity contribution in [3.8, 4) is 21.6 Å². The molecule has 7 heteroatoms. The average molecular weight is 443 g/mol. The maximum absolute atomic E-state index is 15.0. The fourth-order valence-corrected chi connectivity index (χ4v) is 4.32. The van der Waals surface area contributed by atoms with Crippen LogP contribution in [-0.4, -0.2) is 29.3 Å². The van der Waals surface area contributed by atoms with Gasteiger partial charge in [-0.05, 0) is 73.1 Å². The van der Waals surface area contributed by atoms with E-state index >= 15 is 4.39 Å². The van der Waals surface area contributed by atoms with E-state index < -0.39 is 5.41 Å². The molecule has 0 spiro atoms. The summed E-state index contributed by atoms with van der Waals surface area (Å²) in [5.74, 6) is -0.267. The molecular formula is C24H27FN2O3S. The van der Waals surface area contributed by atoms with Gasteiger partial charge in [0.25, 0.3) is 6.47 Å². The van der Waals surface area contributed by atoms with E-state index in [2.05, 4.69) is 9.69 Å². The van der Waals surface area contributed by atoms with Gasteiger partial charge in [0.1, 0.15) is 12.1 Å². The molecule has 164 valence electrons. The predicted molar refractivity (Wildman–Crippen MR) is 124 cm³/mol. The number of aryl methyl sites for hydroxylation is 2. The van der Waals surface area contributed by atoms with Gasteiger partial charge in [0.2, 0.25) is 0 Å². The molecule has 1 atom stereocenters. The zero-order chi connectivity index (χ0) is 23.2. The number of nitrogens with zero attached hydrogens (tertiary/aromatic N) is 1. The maximum Gasteiger partial charge on any atom is 0.290 e. The van der Waals surface area contributed by atoms with Crippen molar-refractivity contribution in [2.24, 2.45) is 0 Å². The Morgan fingerprint density at radius 3 is 2.29 bits per heavy atom. The highest BCUT2D eigenvalue weighted by molar-refractivity contribution is 7.10. The third kappa shape index (κ3) is 4.99. The molecule has 0 amide bonds. The molecule has 0 radical (unpaired) electrons. The number of benzene rings is 2. The zero-order valence-corrected chi connectivity index (χ0v) is 19.1. The van der Waals surface area contributed by atoms with E-state index in [0.717, 1.165) is 51.2 Å². The molecule has 0 aliphatic rings. The highest BCUT2D eigenvalue weighted by Gasteiger charge is 2.24. The maximum atomic E-state index is 15.0. The number of aromatic nitrogens is 1. The number of aldehydes is 1. The van der Waals surface area contributed by atoms with E-state index in [-0.39, 0.29) is 12.3 Å². The summed E-state index contributed by atoms with van der Waals surface area (Å²) in [5, 5.41) is 10.0.